The van der Waals surface area contributed by atoms with Crippen molar-refractivity contribution >= 4 is 0 Å². The van der Waals surface area contributed by atoms with Crippen LogP contribution in [0.25, 0.3) is 0 Å². The van der Waals surface area contributed by atoms with E-state index in [1.165, 1.54) is 0 Å². The highest BCUT2D eigenvalue weighted by atomic mass is 16.3. The molecule has 1 atom stereocenters. The molecule has 1 unspecified atom stereocenters. The molecule has 5 heteroatoms. The average molecular weight is 212 g/mol. The van der Waals surface area contributed by atoms with Crippen molar-refractivity contribution in [2.24, 2.45) is 0 Å². The van der Waals surface area contributed by atoms with Crippen LogP contribution < -0.4 is 5.32 Å². The van der Waals surface area contributed by atoms with E-state index in [2.05, 4.69) is 15.4 Å². The summed E-state index contributed by atoms with van der Waals surface area (Å²) < 4.78 is 1.83. The summed E-state index contributed by atoms with van der Waals surface area (Å²) in [4.78, 5) is 3.88. The van der Waals surface area contributed by atoms with Crippen molar-refractivity contribution in [3.05, 3.63) is 12.7 Å². The summed E-state index contributed by atoms with van der Waals surface area (Å²) >= 11 is 0. The number of rotatable bonds is 7. The average Bonchev–Trinajstić information content (AvgIpc) is 2.77. The summed E-state index contributed by atoms with van der Waals surface area (Å²) in [6, 6.07) is 0. The van der Waals surface area contributed by atoms with Gasteiger partial charge in [-0.15, -0.1) is 0 Å². The number of hydrogen-bond donors (Lipinski definition) is 2. The van der Waals surface area contributed by atoms with E-state index in [0.717, 1.165) is 25.8 Å². The lowest BCUT2D eigenvalue weighted by molar-refractivity contribution is 0.170. The highest BCUT2D eigenvalue weighted by molar-refractivity contribution is 4.79. The zero-order valence-corrected chi connectivity index (χ0v) is 9.48. The molecule has 0 fully saturated rings. The molecule has 0 aromatic carbocycles. The molecular formula is C10H20N4O. The highest BCUT2D eigenvalue weighted by Crippen LogP contribution is 2.12. The number of aryl methyl sites for hydroxylation is 1. The number of aromatic nitrogens is 3. The lowest BCUT2D eigenvalue weighted by Gasteiger charge is -2.26. The van der Waals surface area contributed by atoms with Crippen LogP contribution in [0.1, 0.15) is 26.2 Å². The molecule has 5 nitrogen and oxygen atoms in total. The summed E-state index contributed by atoms with van der Waals surface area (Å²) in [6.45, 7) is 3.10. The molecule has 0 aliphatic carbocycles. The van der Waals surface area contributed by atoms with E-state index in [4.69, 9.17) is 0 Å². The minimum absolute atomic E-state index is 0.150. The van der Waals surface area contributed by atoms with Crippen molar-refractivity contribution in [3.8, 4) is 0 Å². The first kappa shape index (κ1) is 12.1. The summed E-state index contributed by atoms with van der Waals surface area (Å²) in [5, 5.41) is 16.3. The molecule has 1 rings (SSSR count). The number of likely N-dealkylation sites (N-methyl/N-ethyl adjacent to an activating group) is 1. The van der Waals surface area contributed by atoms with E-state index in [1.807, 2.05) is 18.7 Å². The fraction of sp³-hybridized carbons (Fsp3) is 0.800. The van der Waals surface area contributed by atoms with Crippen LogP contribution in [0.3, 0.4) is 0 Å². The van der Waals surface area contributed by atoms with Crippen molar-refractivity contribution in [1.29, 1.82) is 0 Å². The van der Waals surface area contributed by atoms with E-state index in [9.17, 15) is 5.11 Å². The van der Waals surface area contributed by atoms with Crippen LogP contribution in [0, 0.1) is 0 Å². The SMILES string of the molecule is CNC(C)(CO)CCCCn1cncn1. The van der Waals surface area contributed by atoms with Crippen molar-refractivity contribution in [2.45, 2.75) is 38.3 Å². The fourth-order valence-electron chi connectivity index (χ4n) is 1.42. The van der Waals surface area contributed by atoms with Crippen LogP contribution in [0.2, 0.25) is 0 Å². The summed E-state index contributed by atoms with van der Waals surface area (Å²) in [5.41, 5.74) is -0.150. The van der Waals surface area contributed by atoms with Gasteiger partial charge in [-0.2, -0.15) is 5.10 Å². The number of unbranched alkanes of at least 4 members (excludes halogenated alkanes) is 1. The Morgan fingerprint density at radius 2 is 2.27 bits per heavy atom. The first-order valence-corrected chi connectivity index (χ1v) is 5.32. The zero-order chi connectivity index (χ0) is 11.1. The normalized spacial score (nSPS) is 15.1. The van der Waals surface area contributed by atoms with Crippen LogP contribution in [-0.2, 0) is 6.54 Å². The zero-order valence-electron chi connectivity index (χ0n) is 9.48. The van der Waals surface area contributed by atoms with Crippen LogP contribution in [0.4, 0.5) is 0 Å². The Morgan fingerprint density at radius 1 is 1.47 bits per heavy atom. The summed E-state index contributed by atoms with van der Waals surface area (Å²) in [6.07, 6.45) is 6.36. The molecule has 0 bridgehead atoms. The van der Waals surface area contributed by atoms with E-state index in [-0.39, 0.29) is 12.1 Å². The topological polar surface area (TPSA) is 63.0 Å². The maximum Gasteiger partial charge on any atom is 0.137 e. The monoisotopic (exact) mass is 212 g/mol. The van der Waals surface area contributed by atoms with Crippen LogP contribution >= 0.6 is 0 Å². The molecule has 0 spiro atoms. The van der Waals surface area contributed by atoms with Crippen LogP contribution in [0.15, 0.2) is 12.7 Å². The molecule has 0 saturated heterocycles. The van der Waals surface area contributed by atoms with Gasteiger partial charge in [0.05, 0.1) is 6.61 Å². The Kier molecular flexibility index (Phi) is 4.71. The smallest absolute Gasteiger partial charge is 0.137 e. The summed E-state index contributed by atoms with van der Waals surface area (Å²) in [5.74, 6) is 0. The van der Waals surface area contributed by atoms with Crippen LogP contribution in [-0.4, -0.2) is 39.1 Å². The van der Waals surface area contributed by atoms with Gasteiger partial charge in [-0.25, -0.2) is 4.98 Å². The van der Waals surface area contributed by atoms with E-state index >= 15 is 0 Å². The third-order valence-corrected chi connectivity index (χ3v) is 2.78. The lowest BCUT2D eigenvalue weighted by atomic mass is 9.96. The van der Waals surface area contributed by atoms with Gasteiger partial charge in [0.25, 0.3) is 0 Å². The maximum atomic E-state index is 9.18. The molecule has 0 amide bonds. The Labute approximate surface area is 90.5 Å². The third kappa shape index (κ3) is 3.97. The molecule has 1 heterocycles. The Hall–Kier alpha value is -0.940. The quantitative estimate of drug-likeness (QED) is 0.643. The minimum Gasteiger partial charge on any atom is -0.394 e. The van der Waals surface area contributed by atoms with Gasteiger partial charge in [-0.05, 0) is 33.2 Å². The van der Waals surface area contributed by atoms with Crippen LogP contribution in [0.5, 0.6) is 0 Å². The third-order valence-electron chi connectivity index (χ3n) is 2.78. The molecule has 0 saturated carbocycles. The molecule has 2 N–H and O–H groups in total. The predicted octanol–water partition coefficient (Wildman–Crippen LogP) is 0.419. The Balaban J connectivity index is 2.16. The van der Waals surface area contributed by atoms with Gasteiger partial charge < -0.3 is 10.4 Å². The van der Waals surface area contributed by atoms with Gasteiger partial charge in [-0.1, -0.05) is 0 Å². The molecular weight excluding hydrogens is 192 g/mol. The van der Waals surface area contributed by atoms with E-state index in [1.54, 1.807) is 12.7 Å². The second-order valence-corrected chi connectivity index (χ2v) is 4.08. The standard InChI is InChI=1S/C10H20N4O/c1-10(7-15,11-2)5-3-4-6-14-9-12-8-13-14/h8-9,11,15H,3-7H2,1-2H3. The predicted molar refractivity (Wildman–Crippen MR) is 58.4 cm³/mol. The molecule has 15 heavy (non-hydrogen) atoms. The summed E-state index contributed by atoms with van der Waals surface area (Å²) in [7, 11) is 1.88. The fourth-order valence-corrected chi connectivity index (χ4v) is 1.42. The molecule has 86 valence electrons. The largest absolute Gasteiger partial charge is 0.394 e. The van der Waals surface area contributed by atoms with Gasteiger partial charge in [0, 0.05) is 12.1 Å². The second-order valence-electron chi connectivity index (χ2n) is 4.08. The van der Waals surface area contributed by atoms with Gasteiger partial charge in [0.15, 0.2) is 0 Å². The van der Waals surface area contributed by atoms with Gasteiger partial charge in [0.1, 0.15) is 12.7 Å². The van der Waals surface area contributed by atoms with Crippen molar-refractivity contribution in [3.63, 3.8) is 0 Å². The molecule has 0 aliphatic heterocycles. The minimum atomic E-state index is -0.150. The first-order valence-electron chi connectivity index (χ1n) is 5.32. The molecule has 1 aromatic heterocycles. The number of nitrogens with one attached hydrogen (secondary N) is 1. The Bertz CT molecular complexity index is 256. The Morgan fingerprint density at radius 3 is 2.80 bits per heavy atom. The van der Waals surface area contributed by atoms with Crippen molar-refractivity contribution in [2.75, 3.05) is 13.7 Å². The van der Waals surface area contributed by atoms with Gasteiger partial charge in [-0.3, -0.25) is 4.68 Å². The number of hydrogen-bond acceptors (Lipinski definition) is 4. The van der Waals surface area contributed by atoms with Crippen molar-refractivity contribution < 1.29 is 5.11 Å². The second kappa shape index (κ2) is 5.82. The lowest BCUT2D eigenvalue weighted by Crippen LogP contribution is -2.43. The maximum absolute atomic E-state index is 9.18. The molecule has 0 radical (unpaired) electrons. The number of aliphatic hydroxyl groups is 1. The van der Waals surface area contributed by atoms with Gasteiger partial charge in [0.2, 0.25) is 0 Å². The molecule has 0 aliphatic rings. The number of nitrogens with zero attached hydrogens (tertiary/aromatic N) is 3. The molecule has 1 aromatic rings. The van der Waals surface area contributed by atoms with E-state index < -0.39 is 0 Å². The van der Waals surface area contributed by atoms with Gasteiger partial charge >= 0.3 is 0 Å². The highest BCUT2D eigenvalue weighted by Gasteiger charge is 2.19. The van der Waals surface area contributed by atoms with Crippen molar-refractivity contribution in [1.82, 2.24) is 20.1 Å². The van der Waals surface area contributed by atoms with E-state index in [0.29, 0.717) is 0 Å². The number of aliphatic hydroxyl groups excluding tert-OH is 1. The first-order chi connectivity index (χ1) is 7.20.